The van der Waals surface area contributed by atoms with Gasteiger partial charge in [-0.25, -0.2) is 0 Å². The van der Waals surface area contributed by atoms with Crippen molar-refractivity contribution in [3.63, 3.8) is 0 Å². The summed E-state index contributed by atoms with van der Waals surface area (Å²) in [5.41, 5.74) is 1.38. The summed E-state index contributed by atoms with van der Waals surface area (Å²) in [5, 5.41) is 3.10. The van der Waals surface area contributed by atoms with Crippen molar-refractivity contribution in [3.8, 4) is 10.9 Å². The van der Waals surface area contributed by atoms with Gasteiger partial charge in [-0.15, -0.1) is 8.19 Å². The highest BCUT2D eigenvalue weighted by molar-refractivity contribution is 7.35. The van der Waals surface area contributed by atoms with Crippen molar-refractivity contribution in [2.24, 2.45) is 0 Å². The lowest BCUT2D eigenvalue weighted by Gasteiger charge is -1.96. The molecule has 0 aliphatic carbocycles. The topological polar surface area (TPSA) is 0 Å². The van der Waals surface area contributed by atoms with Crippen molar-refractivity contribution in [1.82, 2.24) is 0 Å². The SMILES string of the molecule is CCCc1ccc(-c2ccccc2)[pH]1. The summed E-state index contributed by atoms with van der Waals surface area (Å²) >= 11 is 0. The molecule has 1 aromatic heterocycles. The lowest BCUT2D eigenvalue weighted by Crippen LogP contribution is -1.71. The van der Waals surface area contributed by atoms with Gasteiger partial charge < -0.3 is 0 Å². The van der Waals surface area contributed by atoms with E-state index in [1.54, 1.807) is 5.30 Å². The maximum absolute atomic E-state index is 2.30. The highest BCUT2D eigenvalue weighted by atomic mass is 31.0. The second kappa shape index (κ2) is 4.48. The second-order valence-corrected chi connectivity index (χ2v) is 4.94. The van der Waals surface area contributed by atoms with E-state index in [1.165, 1.54) is 23.7 Å². The van der Waals surface area contributed by atoms with Crippen LogP contribution in [-0.2, 0) is 6.42 Å². The molecule has 0 aliphatic rings. The Labute approximate surface area is 87.1 Å². The van der Waals surface area contributed by atoms with Crippen LogP contribution in [-0.4, -0.2) is 0 Å². The van der Waals surface area contributed by atoms with E-state index in [4.69, 9.17) is 0 Å². The Morgan fingerprint density at radius 3 is 2.50 bits per heavy atom. The minimum absolute atomic E-state index is 0.897. The molecule has 0 fully saturated rings. The maximum atomic E-state index is 2.30. The Bertz CT molecular complexity index is 387. The Balaban J connectivity index is 2.25. The van der Waals surface area contributed by atoms with Gasteiger partial charge in [0.05, 0.1) is 0 Å². The van der Waals surface area contributed by atoms with Crippen LogP contribution in [0.25, 0.3) is 10.9 Å². The van der Waals surface area contributed by atoms with Crippen molar-refractivity contribution >= 4 is 8.19 Å². The molecule has 2 aromatic rings. The number of rotatable bonds is 3. The van der Waals surface area contributed by atoms with E-state index in [0.29, 0.717) is 0 Å². The van der Waals surface area contributed by atoms with Crippen LogP contribution in [0.3, 0.4) is 0 Å². The normalized spacial score (nSPS) is 10.9. The van der Waals surface area contributed by atoms with Crippen LogP contribution >= 0.6 is 8.19 Å². The smallest absolute Gasteiger partial charge is 0.00156 e. The summed E-state index contributed by atoms with van der Waals surface area (Å²) < 4.78 is 0. The molecule has 1 unspecified atom stereocenters. The molecule has 0 aliphatic heterocycles. The molecule has 0 saturated heterocycles. The molecule has 0 saturated carbocycles. The minimum Gasteiger partial charge on any atom is -0.128 e. The number of benzene rings is 1. The molecule has 0 nitrogen and oxygen atoms in total. The third kappa shape index (κ3) is 2.08. The largest absolute Gasteiger partial charge is 0.128 e. The first-order valence-electron chi connectivity index (χ1n) is 5.13. The molecule has 2 rings (SSSR count). The highest BCUT2D eigenvalue weighted by Crippen LogP contribution is 2.32. The number of aryl methyl sites for hydroxylation is 1. The van der Waals surface area contributed by atoms with Crippen LogP contribution in [0, 0.1) is 0 Å². The molecule has 1 heteroatoms. The Morgan fingerprint density at radius 1 is 1.00 bits per heavy atom. The monoisotopic (exact) mass is 202 g/mol. The van der Waals surface area contributed by atoms with Crippen LogP contribution in [0.5, 0.6) is 0 Å². The molecule has 0 spiro atoms. The average Bonchev–Trinajstić information content (AvgIpc) is 2.68. The lowest BCUT2D eigenvalue weighted by atomic mass is 10.2. The Morgan fingerprint density at radius 2 is 1.79 bits per heavy atom. The van der Waals surface area contributed by atoms with E-state index in [0.717, 1.165) is 8.19 Å². The van der Waals surface area contributed by atoms with Crippen LogP contribution in [0.4, 0.5) is 0 Å². The van der Waals surface area contributed by atoms with Gasteiger partial charge in [0.2, 0.25) is 0 Å². The van der Waals surface area contributed by atoms with Crippen LogP contribution in [0.2, 0.25) is 0 Å². The van der Waals surface area contributed by atoms with Crippen molar-refractivity contribution in [2.45, 2.75) is 19.8 Å². The molecule has 0 radical (unpaired) electrons. The lowest BCUT2D eigenvalue weighted by molar-refractivity contribution is 0.940. The zero-order valence-corrected chi connectivity index (χ0v) is 9.46. The van der Waals surface area contributed by atoms with Gasteiger partial charge in [0.25, 0.3) is 0 Å². The van der Waals surface area contributed by atoms with Gasteiger partial charge in [-0.2, -0.15) is 0 Å². The standard InChI is InChI=1S/C13H15P/c1-2-6-12-9-10-13(14-12)11-7-4-3-5-8-11/h3-5,7-10,14H,2,6H2,1H3. The zero-order chi connectivity index (χ0) is 9.80. The molecular weight excluding hydrogens is 187 g/mol. The summed E-state index contributed by atoms with van der Waals surface area (Å²) in [6, 6.07) is 15.3. The zero-order valence-electron chi connectivity index (χ0n) is 8.46. The second-order valence-electron chi connectivity index (χ2n) is 3.51. The molecular formula is C13H15P. The summed E-state index contributed by atoms with van der Waals surface area (Å²) in [4.78, 5) is 0. The third-order valence-corrected chi connectivity index (χ3v) is 3.81. The van der Waals surface area contributed by atoms with E-state index in [9.17, 15) is 0 Å². The van der Waals surface area contributed by atoms with Gasteiger partial charge in [-0.1, -0.05) is 55.8 Å². The molecule has 72 valence electrons. The molecule has 1 atom stereocenters. The molecule has 1 aromatic carbocycles. The fraction of sp³-hybridized carbons (Fsp3) is 0.231. The third-order valence-electron chi connectivity index (χ3n) is 2.35. The van der Waals surface area contributed by atoms with Crippen LogP contribution in [0.1, 0.15) is 18.6 Å². The van der Waals surface area contributed by atoms with Crippen LogP contribution in [0.15, 0.2) is 42.5 Å². The highest BCUT2D eigenvalue weighted by Gasteiger charge is 1.99. The minimum atomic E-state index is 0.897. The summed E-state index contributed by atoms with van der Waals surface area (Å²) in [5.74, 6) is 0. The molecule has 14 heavy (non-hydrogen) atoms. The van der Waals surface area contributed by atoms with Gasteiger partial charge in [0.15, 0.2) is 0 Å². The van der Waals surface area contributed by atoms with E-state index < -0.39 is 0 Å². The van der Waals surface area contributed by atoms with Gasteiger partial charge in [-0.3, -0.25) is 0 Å². The molecule has 1 heterocycles. The molecule has 0 bridgehead atoms. The fourth-order valence-electron chi connectivity index (χ4n) is 1.64. The summed E-state index contributed by atoms with van der Waals surface area (Å²) in [7, 11) is 0.897. The van der Waals surface area contributed by atoms with Gasteiger partial charge in [0, 0.05) is 0 Å². The predicted molar refractivity (Wildman–Crippen MR) is 65.4 cm³/mol. The first-order valence-corrected chi connectivity index (χ1v) is 6.13. The Kier molecular flexibility index (Phi) is 3.06. The van der Waals surface area contributed by atoms with E-state index in [-0.39, 0.29) is 0 Å². The van der Waals surface area contributed by atoms with E-state index in [1.807, 2.05) is 0 Å². The van der Waals surface area contributed by atoms with Gasteiger partial charge in [-0.05, 0) is 22.6 Å². The van der Waals surface area contributed by atoms with E-state index in [2.05, 4.69) is 49.4 Å². The fourth-order valence-corrected chi connectivity index (χ4v) is 3.01. The first-order chi connectivity index (χ1) is 6.90. The van der Waals surface area contributed by atoms with Gasteiger partial charge >= 0.3 is 0 Å². The number of hydrogen-bond donors (Lipinski definition) is 0. The quantitative estimate of drug-likeness (QED) is 0.694. The van der Waals surface area contributed by atoms with Crippen LogP contribution < -0.4 is 0 Å². The molecule has 0 N–H and O–H groups in total. The summed E-state index contributed by atoms with van der Waals surface area (Å²) in [6.45, 7) is 2.24. The number of hydrogen-bond acceptors (Lipinski definition) is 0. The first kappa shape index (κ1) is 9.55. The van der Waals surface area contributed by atoms with Crippen molar-refractivity contribution in [3.05, 3.63) is 47.8 Å². The average molecular weight is 202 g/mol. The van der Waals surface area contributed by atoms with Crippen molar-refractivity contribution in [1.29, 1.82) is 0 Å². The predicted octanol–water partition coefficient (Wildman–Crippen LogP) is 4.34. The molecule has 0 amide bonds. The summed E-state index contributed by atoms with van der Waals surface area (Å²) in [6.07, 6.45) is 2.51. The van der Waals surface area contributed by atoms with E-state index >= 15 is 0 Å². The van der Waals surface area contributed by atoms with Crippen molar-refractivity contribution < 1.29 is 0 Å². The maximum Gasteiger partial charge on any atom is -0.00156 e. The van der Waals surface area contributed by atoms with Gasteiger partial charge in [0.1, 0.15) is 0 Å². The Hall–Kier alpha value is -1.000. The van der Waals surface area contributed by atoms with Crippen molar-refractivity contribution in [2.75, 3.05) is 0 Å².